The minimum Gasteiger partial charge on any atom is -0.312 e. The Hall–Kier alpha value is -2.54. The fourth-order valence-electron chi connectivity index (χ4n) is 3.16. The Morgan fingerprint density at radius 2 is 2.17 bits per heavy atom. The van der Waals surface area contributed by atoms with Gasteiger partial charge in [0.15, 0.2) is 5.82 Å². The SMILES string of the molecule is C[C@H]1CCn2c1cc(-c1c(-n3cnnn3)ccc(Cl)c1F)cc2=O. The van der Waals surface area contributed by atoms with Crippen LogP contribution in [0.4, 0.5) is 4.39 Å². The molecule has 0 saturated heterocycles. The van der Waals surface area contributed by atoms with Crippen LogP contribution < -0.4 is 5.56 Å². The Balaban J connectivity index is 2.01. The summed E-state index contributed by atoms with van der Waals surface area (Å²) in [4.78, 5) is 12.4. The molecule has 4 rings (SSSR count). The Kier molecular flexibility index (Phi) is 3.45. The van der Waals surface area contributed by atoms with Gasteiger partial charge in [-0.25, -0.2) is 4.39 Å². The quantitative estimate of drug-likeness (QED) is 0.716. The van der Waals surface area contributed by atoms with Crippen molar-refractivity contribution in [3.8, 4) is 16.8 Å². The van der Waals surface area contributed by atoms with E-state index in [1.54, 1.807) is 10.6 Å². The molecular formula is C16H13ClFN5O. The van der Waals surface area contributed by atoms with Gasteiger partial charge in [0, 0.05) is 23.9 Å². The predicted octanol–water partition coefficient (Wildman–Crippen LogP) is 2.79. The summed E-state index contributed by atoms with van der Waals surface area (Å²) in [5, 5.41) is 11.0. The normalized spacial score (nSPS) is 16.4. The molecule has 24 heavy (non-hydrogen) atoms. The number of nitrogens with zero attached hydrogens (tertiary/aromatic N) is 5. The Bertz CT molecular complexity index is 983. The van der Waals surface area contributed by atoms with Crippen LogP contribution in [-0.4, -0.2) is 24.8 Å². The van der Waals surface area contributed by atoms with Crippen LogP contribution >= 0.6 is 11.6 Å². The molecule has 6 nitrogen and oxygen atoms in total. The van der Waals surface area contributed by atoms with E-state index < -0.39 is 5.82 Å². The van der Waals surface area contributed by atoms with Crippen molar-refractivity contribution in [2.45, 2.75) is 25.8 Å². The van der Waals surface area contributed by atoms with Crippen LogP contribution in [0.5, 0.6) is 0 Å². The fraction of sp³-hybridized carbons (Fsp3) is 0.250. The van der Waals surface area contributed by atoms with Crippen LogP contribution in [0.2, 0.25) is 5.02 Å². The monoisotopic (exact) mass is 345 g/mol. The molecular weight excluding hydrogens is 333 g/mol. The molecule has 1 aliphatic heterocycles. The first-order valence-electron chi connectivity index (χ1n) is 7.53. The second kappa shape index (κ2) is 5.52. The summed E-state index contributed by atoms with van der Waals surface area (Å²) in [6, 6.07) is 6.36. The standard InChI is InChI=1S/C16H13ClFN5O/c1-9-4-5-22-13(9)6-10(7-14(22)24)15-12(23-8-19-20-21-23)3-2-11(17)16(15)18/h2-3,6-9H,4-5H2,1H3/t9-/m0/s1. The maximum Gasteiger partial charge on any atom is 0.251 e. The molecule has 1 aliphatic rings. The predicted molar refractivity (Wildman–Crippen MR) is 86.9 cm³/mol. The molecule has 0 unspecified atom stereocenters. The average molecular weight is 346 g/mol. The van der Waals surface area contributed by atoms with E-state index in [1.807, 2.05) is 6.07 Å². The van der Waals surface area contributed by atoms with E-state index >= 15 is 0 Å². The summed E-state index contributed by atoms with van der Waals surface area (Å²) >= 11 is 5.96. The van der Waals surface area contributed by atoms with Gasteiger partial charge in [0.2, 0.25) is 0 Å². The summed E-state index contributed by atoms with van der Waals surface area (Å²) in [5.41, 5.74) is 1.88. The summed E-state index contributed by atoms with van der Waals surface area (Å²) in [6.45, 7) is 2.74. The second-order valence-corrected chi connectivity index (χ2v) is 6.27. The van der Waals surface area contributed by atoms with E-state index in [0.717, 1.165) is 12.1 Å². The molecule has 0 radical (unpaired) electrons. The third-order valence-electron chi connectivity index (χ3n) is 4.41. The molecule has 0 fully saturated rings. The summed E-state index contributed by atoms with van der Waals surface area (Å²) < 4.78 is 17.9. The highest BCUT2D eigenvalue weighted by atomic mass is 35.5. The molecule has 122 valence electrons. The lowest BCUT2D eigenvalue weighted by Gasteiger charge is -2.14. The molecule has 0 saturated carbocycles. The van der Waals surface area contributed by atoms with Crippen molar-refractivity contribution in [1.29, 1.82) is 0 Å². The van der Waals surface area contributed by atoms with Crippen molar-refractivity contribution in [3.63, 3.8) is 0 Å². The first-order chi connectivity index (χ1) is 11.6. The van der Waals surface area contributed by atoms with Gasteiger partial charge in [0.25, 0.3) is 5.56 Å². The van der Waals surface area contributed by atoms with Crippen molar-refractivity contribution < 1.29 is 4.39 Å². The van der Waals surface area contributed by atoms with E-state index in [9.17, 15) is 9.18 Å². The van der Waals surface area contributed by atoms with Crippen LogP contribution in [0.3, 0.4) is 0 Å². The molecule has 0 aliphatic carbocycles. The minimum absolute atomic E-state index is 0.0181. The number of tetrazole rings is 1. The zero-order valence-electron chi connectivity index (χ0n) is 12.8. The molecule has 0 bridgehead atoms. The lowest BCUT2D eigenvalue weighted by Crippen LogP contribution is -2.19. The third-order valence-corrected chi connectivity index (χ3v) is 4.70. The van der Waals surface area contributed by atoms with Crippen LogP contribution in [0, 0.1) is 5.82 Å². The van der Waals surface area contributed by atoms with Gasteiger partial charge in [-0.1, -0.05) is 18.5 Å². The fourth-order valence-corrected chi connectivity index (χ4v) is 3.31. The number of hydrogen-bond acceptors (Lipinski definition) is 4. The maximum absolute atomic E-state index is 14.8. The van der Waals surface area contributed by atoms with E-state index in [0.29, 0.717) is 17.8 Å². The first kappa shape index (κ1) is 15.0. The van der Waals surface area contributed by atoms with E-state index in [1.165, 1.54) is 23.1 Å². The number of halogens is 2. The van der Waals surface area contributed by atoms with Gasteiger partial charge < -0.3 is 4.57 Å². The van der Waals surface area contributed by atoms with Crippen LogP contribution in [0.1, 0.15) is 25.0 Å². The van der Waals surface area contributed by atoms with Crippen LogP contribution in [0.15, 0.2) is 35.4 Å². The summed E-state index contributed by atoms with van der Waals surface area (Å²) in [6.07, 6.45) is 2.27. The van der Waals surface area contributed by atoms with Crippen molar-refractivity contribution in [2.24, 2.45) is 0 Å². The molecule has 0 N–H and O–H groups in total. The van der Waals surface area contributed by atoms with Gasteiger partial charge in [-0.05, 0) is 46.5 Å². The Morgan fingerprint density at radius 1 is 1.33 bits per heavy atom. The number of rotatable bonds is 2. The lowest BCUT2D eigenvalue weighted by atomic mass is 10.00. The van der Waals surface area contributed by atoms with Gasteiger partial charge in [-0.15, -0.1) is 5.10 Å². The summed E-state index contributed by atoms with van der Waals surface area (Å²) in [7, 11) is 0. The second-order valence-electron chi connectivity index (χ2n) is 5.86. The van der Waals surface area contributed by atoms with Crippen molar-refractivity contribution in [3.05, 3.63) is 57.5 Å². The molecule has 0 spiro atoms. The Labute approximate surface area is 141 Å². The number of benzene rings is 1. The lowest BCUT2D eigenvalue weighted by molar-refractivity contribution is 0.628. The molecule has 8 heteroatoms. The topological polar surface area (TPSA) is 65.6 Å². The molecule has 0 amide bonds. The zero-order chi connectivity index (χ0) is 16.8. The van der Waals surface area contributed by atoms with Gasteiger partial charge in [-0.2, -0.15) is 4.68 Å². The molecule has 3 heterocycles. The van der Waals surface area contributed by atoms with E-state index in [2.05, 4.69) is 22.4 Å². The smallest absolute Gasteiger partial charge is 0.251 e. The number of hydrogen-bond donors (Lipinski definition) is 0. The Morgan fingerprint density at radius 3 is 2.92 bits per heavy atom. The molecule has 1 atom stereocenters. The number of pyridine rings is 1. The van der Waals surface area contributed by atoms with E-state index in [4.69, 9.17) is 11.6 Å². The minimum atomic E-state index is -0.598. The highest BCUT2D eigenvalue weighted by Crippen LogP contribution is 2.35. The average Bonchev–Trinajstić information content (AvgIpc) is 3.21. The van der Waals surface area contributed by atoms with E-state index in [-0.39, 0.29) is 22.1 Å². The van der Waals surface area contributed by atoms with Crippen molar-refractivity contribution in [1.82, 2.24) is 24.8 Å². The number of aromatic nitrogens is 5. The van der Waals surface area contributed by atoms with Gasteiger partial charge in [0.05, 0.1) is 10.7 Å². The highest BCUT2D eigenvalue weighted by molar-refractivity contribution is 6.31. The van der Waals surface area contributed by atoms with Crippen molar-refractivity contribution in [2.75, 3.05) is 0 Å². The third kappa shape index (κ3) is 2.24. The van der Waals surface area contributed by atoms with Gasteiger partial charge in [0.1, 0.15) is 6.33 Å². The molecule has 1 aromatic carbocycles. The highest BCUT2D eigenvalue weighted by Gasteiger charge is 2.23. The van der Waals surface area contributed by atoms with Crippen molar-refractivity contribution >= 4 is 11.6 Å². The molecule has 3 aromatic rings. The maximum atomic E-state index is 14.8. The van der Waals surface area contributed by atoms with Gasteiger partial charge >= 0.3 is 0 Å². The number of fused-ring (bicyclic) bond motifs is 1. The summed E-state index contributed by atoms with van der Waals surface area (Å²) in [5.74, 6) is -0.351. The van der Waals surface area contributed by atoms with Crippen LogP contribution in [0.25, 0.3) is 16.8 Å². The first-order valence-corrected chi connectivity index (χ1v) is 7.90. The zero-order valence-corrected chi connectivity index (χ0v) is 13.5. The van der Waals surface area contributed by atoms with Gasteiger partial charge in [-0.3, -0.25) is 4.79 Å². The largest absolute Gasteiger partial charge is 0.312 e. The van der Waals surface area contributed by atoms with Crippen LogP contribution in [-0.2, 0) is 6.54 Å². The molecule has 2 aromatic heterocycles.